The smallest absolute Gasteiger partial charge is 0.190 e. The molecule has 1 aromatic carbocycles. The lowest BCUT2D eigenvalue weighted by atomic mass is 10.1. The lowest BCUT2D eigenvalue weighted by Crippen LogP contribution is -2.09. The van der Waals surface area contributed by atoms with Crippen LogP contribution in [0.15, 0.2) is 35.1 Å². The number of para-hydroxylation sites is 1. The van der Waals surface area contributed by atoms with Crippen LogP contribution in [0.25, 0.3) is 10.9 Å². The highest BCUT2D eigenvalue weighted by Crippen LogP contribution is 2.08. The normalized spacial score (nSPS) is 10.5. The number of H-pyrrole nitrogens is 1. The molecule has 0 radical (unpaired) electrons. The van der Waals surface area contributed by atoms with Crippen molar-refractivity contribution in [2.75, 3.05) is 0 Å². The third kappa shape index (κ3) is 1.68. The molecular formula is C12H11NO2. The number of ketones is 1. The Kier molecular flexibility index (Phi) is 2.37. The van der Waals surface area contributed by atoms with Gasteiger partial charge in [-0.2, -0.15) is 0 Å². The number of aromatic nitrogens is 1. The highest BCUT2D eigenvalue weighted by atomic mass is 16.1. The standard InChI is InChI=1S/C12H11NO2/c1-2-11(14)10-7-12(15)8-5-3-4-6-9(8)13-10/h3-7H,2H2,1H3,(H,13,15). The van der Waals surface area contributed by atoms with Gasteiger partial charge >= 0.3 is 0 Å². The first-order valence-corrected chi connectivity index (χ1v) is 4.87. The minimum atomic E-state index is -0.110. The van der Waals surface area contributed by atoms with Crippen LogP contribution in [0.1, 0.15) is 23.8 Å². The Balaban J connectivity index is 2.73. The molecule has 2 rings (SSSR count). The Hall–Kier alpha value is -1.90. The van der Waals surface area contributed by atoms with E-state index < -0.39 is 0 Å². The lowest BCUT2D eigenvalue weighted by molar-refractivity contribution is 0.0983. The number of hydrogen-bond acceptors (Lipinski definition) is 2. The molecule has 0 bridgehead atoms. The van der Waals surface area contributed by atoms with Crippen LogP contribution in [-0.4, -0.2) is 10.8 Å². The molecule has 0 aliphatic rings. The van der Waals surface area contributed by atoms with Crippen molar-refractivity contribution >= 4 is 16.7 Å². The summed E-state index contributed by atoms with van der Waals surface area (Å²) in [4.78, 5) is 26.1. The number of carbonyl (C=O) groups is 1. The number of fused-ring (bicyclic) bond motifs is 1. The second-order valence-corrected chi connectivity index (χ2v) is 3.37. The van der Waals surface area contributed by atoms with Crippen LogP contribution in [0.3, 0.4) is 0 Å². The lowest BCUT2D eigenvalue weighted by Gasteiger charge is -2.01. The quantitative estimate of drug-likeness (QED) is 0.756. The fourth-order valence-electron chi connectivity index (χ4n) is 1.54. The van der Waals surface area contributed by atoms with Gasteiger partial charge in [-0.05, 0) is 12.1 Å². The van der Waals surface area contributed by atoms with Crippen LogP contribution >= 0.6 is 0 Å². The first-order valence-electron chi connectivity index (χ1n) is 4.87. The van der Waals surface area contributed by atoms with E-state index in [-0.39, 0.29) is 11.2 Å². The molecule has 1 N–H and O–H groups in total. The Labute approximate surface area is 86.8 Å². The summed E-state index contributed by atoms with van der Waals surface area (Å²) >= 11 is 0. The van der Waals surface area contributed by atoms with Crippen molar-refractivity contribution in [1.82, 2.24) is 4.98 Å². The summed E-state index contributed by atoms with van der Waals surface area (Å²) in [5, 5.41) is 0.616. The van der Waals surface area contributed by atoms with Crippen molar-refractivity contribution in [1.29, 1.82) is 0 Å². The molecule has 0 atom stereocenters. The van der Waals surface area contributed by atoms with Crippen molar-refractivity contribution in [2.24, 2.45) is 0 Å². The summed E-state index contributed by atoms with van der Waals surface area (Å²) in [7, 11) is 0. The second kappa shape index (κ2) is 3.69. The van der Waals surface area contributed by atoms with Gasteiger partial charge in [-0.15, -0.1) is 0 Å². The summed E-state index contributed by atoms with van der Waals surface area (Å²) in [6.45, 7) is 1.77. The van der Waals surface area contributed by atoms with Gasteiger partial charge in [0.1, 0.15) is 0 Å². The monoisotopic (exact) mass is 201 g/mol. The molecule has 0 saturated carbocycles. The molecule has 0 aliphatic carbocycles. The largest absolute Gasteiger partial charge is 0.352 e. The van der Waals surface area contributed by atoms with Crippen LogP contribution in [0.5, 0.6) is 0 Å². The van der Waals surface area contributed by atoms with E-state index in [1.807, 2.05) is 6.07 Å². The third-order valence-corrected chi connectivity index (χ3v) is 2.36. The maximum atomic E-state index is 11.6. The Bertz CT molecular complexity index is 569. The molecule has 1 aromatic heterocycles. The third-order valence-electron chi connectivity index (χ3n) is 2.36. The summed E-state index contributed by atoms with van der Waals surface area (Å²) in [5.41, 5.74) is 0.990. The molecule has 0 saturated heterocycles. The summed E-state index contributed by atoms with van der Waals surface area (Å²) in [5.74, 6) is -0.0437. The van der Waals surface area contributed by atoms with Gasteiger partial charge in [-0.3, -0.25) is 9.59 Å². The molecule has 0 fully saturated rings. The van der Waals surface area contributed by atoms with E-state index in [1.54, 1.807) is 25.1 Å². The van der Waals surface area contributed by atoms with Crippen molar-refractivity contribution in [3.8, 4) is 0 Å². The van der Waals surface area contributed by atoms with Crippen LogP contribution in [0, 0.1) is 0 Å². The number of carbonyl (C=O) groups excluding carboxylic acids is 1. The van der Waals surface area contributed by atoms with Crippen molar-refractivity contribution in [3.05, 3.63) is 46.2 Å². The molecule has 15 heavy (non-hydrogen) atoms. The summed E-state index contributed by atoms with van der Waals surface area (Å²) < 4.78 is 0. The molecule has 1 heterocycles. The van der Waals surface area contributed by atoms with E-state index >= 15 is 0 Å². The van der Waals surface area contributed by atoms with E-state index in [2.05, 4.69) is 4.98 Å². The fourth-order valence-corrected chi connectivity index (χ4v) is 1.54. The average Bonchev–Trinajstić information content (AvgIpc) is 2.28. The van der Waals surface area contributed by atoms with Gasteiger partial charge in [0.15, 0.2) is 11.2 Å². The molecule has 0 amide bonds. The fraction of sp³-hybridized carbons (Fsp3) is 0.167. The predicted molar refractivity (Wildman–Crippen MR) is 59.2 cm³/mol. The number of nitrogens with one attached hydrogen (secondary N) is 1. The Morgan fingerprint density at radius 3 is 2.80 bits per heavy atom. The molecule has 0 spiro atoms. The van der Waals surface area contributed by atoms with Crippen LogP contribution < -0.4 is 5.43 Å². The number of Topliss-reactive ketones (excluding diaryl/α,β-unsaturated/α-hetero) is 1. The minimum Gasteiger partial charge on any atom is -0.352 e. The topological polar surface area (TPSA) is 49.9 Å². The first-order chi connectivity index (χ1) is 7.22. The molecular weight excluding hydrogens is 190 g/mol. The number of hydrogen-bond donors (Lipinski definition) is 1. The zero-order valence-electron chi connectivity index (χ0n) is 8.41. The maximum Gasteiger partial charge on any atom is 0.190 e. The molecule has 3 nitrogen and oxygen atoms in total. The molecule has 0 aliphatic heterocycles. The zero-order chi connectivity index (χ0) is 10.8. The number of rotatable bonds is 2. The van der Waals surface area contributed by atoms with Crippen LogP contribution in [0.4, 0.5) is 0 Å². The molecule has 76 valence electrons. The van der Waals surface area contributed by atoms with Crippen molar-refractivity contribution in [3.63, 3.8) is 0 Å². The van der Waals surface area contributed by atoms with E-state index in [9.17, 15) is 9.59 Å². The van der Waals surface area contributed by atoms with Gasteiger partial charge in [-0.1, -0.05) is 19.1 Å². The predicted octanol–water partition coefficient (Wildman–Crippen LogP) is 2.12. The van der Waals surface area contributed by atoms with Gasteiger partial charge in [-0.25, -0.2) is 0 Å². The van der Waals surface area contributed by atoms with Crippen molar-refractivity contribution in [2.45, 2.75) is 13.3 Å². The summed E-state index contributed by atoms with van der Waals surface area (Å²) in [6.07, 6.45) is 0.397. The molecule has 0 unspecified atom stereocenters. The van der Waals surface area contributed by atoms with Crippen molar-refractivity contribution < 1.29 is 4.79 Å². The van der Waals surface area contributed by atoms with E-state index in [0.29, 0.717) is 23.0 Å². The highest BCUT2D eigenvalue weighted by Gasteiger charge is 2.06. The van der Waals surface area contributed by atoms with Gasteiger partial charge in [0.25, 0.3) is 0 Å². The maximum absolute atomic E-state index is 11.6. The summed E-state index contributed by atoms with van der Waals surface area (Å²) in [6, 6.07) is 8.54. The number of benzene rings is 1. The first kappa shape index (κ1) is 9.65. The van der Waals surface area contributed by atoms with Crippen LogP contribution in [-0.2, 0) is 0 Å². The average molecular weight is 201 g/mol. The minimum absolute atomic E-state index is 0.0437. The van der Waals surface area contributed by atoms with Gasteiger partial charge in [0.05, 0.1) is 5.69 Å². The van der Waals surface area contributed by atoms with Crippen LogP contribution in [0.2, 0.25) is 0 Å². The van der Waals surface area contributed by atoms with E-state index in [0.717, 1.165) is 0 Å². The number of pyridine rings is 1. The number of aromatic amines is 1. The Morgan fingerprint density at radius 1 is 1.33 bits per heavy atom. The van der Waals surface area contributed by atoms with E-state index in [4.69, 9.17) is 0 Å². The molecule has 2 aromatic rings. The van der Waals surface area contributed by atoms with Gasteiger partial charge in [0.2, 0.25) is 0 Å². The highest BCUT2D eigenvalue weighted by molar-refractivity contribution is 5.96. The second-order valence-electron chi connectivity index (χ2n) is 3.37. The van der Waals surface area contributed by atoms with E-state index in [1.165, 1.54) is 6.07 Å². The zero-order valence-corrected chi connectivity index (χ0v) is 8.41. The van der Waals surface area contributed by atoms with Gasteiger partial charge < -0.3 is 4.98 Å². The Morgan fingerprint density at radius 2 is 2.07 bits per heavy atom. The molecule has 3 heteroatoms. The van der Waals surface area contributed by atoms with Gasteiger partial charge in [0, 0.05) is 23.4 Å². The SMILES string of the molecule is CCC(=O)c1cc(=O)c2ccccc2[nH]1.